The van der Waals surface area contributed by atoms with Gasteiger partial charge < -0.3 is 0 Å². The molecule has 2 heterocycles. The average molecular weight is 423 g/mol. The zero-order chi connectivity index (χ0) is 16.6. The summed E-state index contributed by atoms with van der Waals surface area (Å²) in [5.74, 6) is 0.961. The van der Waals surface area contributed by atoms with Crippen molar-refractivity contribution in [1.29, 1.82) is 0 Å². The SMILES string of the molecule is CCN1CCCCC1c1nc(C(C)(C)C)nc2ccc(I)cc12. The van der Waals surface area contributed by atoms with Crippen LogP contribution in [0, 0.1) is 3.57 Å². The summed E-state index contributed by atoms with van der Waals surface area (Å²) in [5.41, 5.74) is 2.29. The molecule has 1 unspecified atom stereocenters. The van der Waals surface area contributed by atoms with E-state index >= 15 is 0 Å². The fourth-order valence-electron chi connectivity index (χ4n) is 3.39. The van der Waals surface area contributed by atoms with Gasteiger partial charge in [-0.15, -0.1) is 0 Å². The molecular weight excluding hydrogens is 397 g/mol. The minimum atomic E-state index is -0.0301. The van der Waals surface area contributed by atoms with Crippen LogP contribution in [-0.4, -0.2) is 28.0 Å². The lowest BCUT2D eigenvalue weighted by Crippen LogP contribution is -2.34. The van der Waals surface area contributed by atoms with Crippen molar-refractivity contribution in [3.05, 3.63) is 33.3 Å². The monoisotopic (exact) mass is 423 g/mol. The zero-order valence-corrected chi connectivity index (χ0v) is 16.7. The van der Waals surface area contributed by atoms with Gasteiger partial charge in [0.2, 0.25) is 0 Å². The quantitative estimate of drug-likeness (QED) is 0.631. The average Bonchev–Trinajstić information content (AvgIpc) is 2.53. The Bertz CT molecular complexity index is 706. The summed E-state index contributed by atoms with van der Waals surface area (Å²) < 4.78 is 1.25. The van der Waals surface area contributed by atoms with Gasteiger partial charge in [-0.3, -0.25) is 4.90 Å². The van der Waals surface area contributed by atoms with E-state index in [1.165, 1.54) is 40.5 Å². The number of likely N-dealkylation sites (tertiary alicyclic amines) is 1. The molecule has 3 nitrogen and oxygen atoms in total. The van der Waals surface area contributed by atoms with Crippen molar-refractivity contribution in [2.75, 3.05) is 13.1 Å². The molecule has 0 aliphatic carbocycles. The number of piperidine rings is 1. The number of halogens is 1. The molecule has 1 saturated heterocycles. The second-order valence-corrected chi connectivity index (χ2v) is 8.73. The second-order valence-electron chi connectivity index (χ2n) is 7.48. The van der Waals surface area contributed by atoms with Gasteiger partial charge in [-0.2, -0.15) is 0 Å². The molecule has 1 aromatic carbocycles. The van der Waals surface area contributed by atoms with Crippen LogP contribution < -0.4 is 0 Å². The van der Waals surface area contributed by atoms with Gasteiger partial charge >= 0.3 is 0 Å². The van der Waals surface area contributed by atoms with Crippen molar-refractivity contribution in [1.82, 2.24) is 14.9 Å². The van der Waals surface area contributed by atoms with Crippen LogP contribution in [0.4, 0.5) is 0 Å². The van der Waals surface area contributed by atoms with Crippen molar-refractivity contribution in [2.45, 2.75) is 58.4 Å². The Morgan fingerprint density at radius 1 is 1.22 bits per heavy atom. The van der Waals surface area contributed by atoms with Gasteiger partial charge in [0, 0.05) is 14.4 Å². The van der Waals surface area contributed by atoms with Crippen LogP contribution in [0.5, 0.6) is 0 Å². The van der Waals surface area contributed by atoms with E-state index in [0.29, 0.717) is 6.04 Å². The first-order chi connectivity index (χ1) is 10.9. The van der Waals surface area contributed by atoms with E-state index in [1.807, 2.05) is 0 Å². The highest BCUT2D eigenvalue weighted by atomic mass is 127. The molecule has 0 amide bonds. The topological polar surface area (TPSA) is 29.0 Å². The lowest BCUT2D eigenvalue weighted by Gasteiger charge is -2.35. The number of benzene rings is 1. The van der Waals surface area contributed by atoms with Gasteiger partial charge in [0.05, 0.1) is 17.3 Å². The number of aromatic nitrogens is 2. The molecule has 1 aromatic heterocycles. The third-order valence-corrected chi connectivity index (χ3v) is 5.36. The molecule has 0 N–H and O–H groups in total. The van der Waals surface area contributed by atoms with Gasteiger partial charge in [0.25, 0.3) is 0 Å². The van der Waals surface area contributed by atoms with Crippen LogP contribution in [0.3, 0.4) is 0 Å². The molecule has 0 bridgehead atoms. The van der Waals surface area contributed by atoms with Crippen LogP contribution in [0.25, 0.3) is 10.9 Å². The molecule has 23 heavy (non-hydrogen) atoms. The summed E-state index contributed by atoms with van der Waals surface area (Å²) >= 11 is 2.39. The number of rotatable bonds is 2. The number of fused-ring (bicyclic) bond motifs is 1. The van der Waals surface area contributed by atoms with Gasteiger partial charge in [0.1, 0.15) is 5.82 Å². The predicted octanol–water partition coefficient (Wildman–Crippen LogP) is 5.08. The summed E-state index contributed by atoms with van der Waals surface area (Å²) in [6.45, 7) is 11.1. The Hall–Kier alpha value is -0.750. The Labute approximate surface area is 153 Å². The van der Waals surface area contributed by atoms with E-state index in [2.05, 4.69) is 73.4 Å². The van der Waals surface area contributed by atoms with E-state index < -0.39 is 0 Å². The first kappa shape index (κ1) is 17.1. The molecule has 124 valence electrons. The highest BCUT2D eigenvalue weighted by Gasteiger charge is 2.28. The molecule has 0 radical (unpaired) electrons. The Morgan fingerprint density at radius 2 is 2.00 bits per heavy atom. The molecule has 1 atom stereocenters. The van der Waals surface area contributed by atoms with Crippen molar-refractivity contribution in [2.24, 2.45) is 0 Å². The highest BCUT2D eigenvalue weighted by Crippen LogP contribution is 2.35. The van der Waals surface area contributed by atoms with E-state index in [0.717, 1.165) is 17.9 Å². The van der Waals surface area contributed by atoms with Gasteiger partial charge in [-0.1, -0.05) is 34.1 Å². The van der Waals surface area contributed by atoms with Gasteiger partial charge in [-0.25, -0.2) is 9.97 Å². The molecule has 1 aliphatic heterocycles. The van der Waals surface area contributed by atoms with Gasteiger partial charge in [0.15, 0.2) is 0 Å². The summed E-state index contributed by atoms with van der Waals surface area (Å²) in [6.07, 6.45) is 3.80. The molecule has 1 aliphatic rings. The van der Waals surface area contributed by atoms with Crippen molar-refractivity contribution < 1.29 is 0 Å². The maximum Gasteiger partial charge on any atom is 0.134 e. The third kappa shape index (κ3) is 3.53. The first-order valence-corrected chi connectivity index (χ1v) is 9.69. The third-order valence-electron chi connectivity index (χ3n) is 4.69. The van der Waals surface area contributed by atoms with E-state index in [9.17, 15) is 0 Å². The molecular formula is C19H26IN3. The largest absolute Gasteiger partial charge is 0.295 e. The lowest BCUT2D eigenvalue weighted by atomic mass is 9.93. The summed E-state index contributed by atoms with van der Waals surface area (Å²) in [4.78, 5) is 12.5. The van der Waals surface area contributed by atoms with E-state index in [4.69, 9.17) is 9.97 Å². The molecule has 0 saturated carbocycles. The van der Waals surface area contributed by atoms with Crippen LogP contribution >= 0.6 is 22.6 Å². The summed E-state index contributed by atoms with van der Waals surface area (Å²) in [5, 5.41) is 1.23. The predicted molar refractivity (Wildman–Crippen MR) is 105 cm³/mol. The van der Waals surface area contributed by atoms with Crippen LogP contribution in [0.15, 0.2) is 18.2 Å². The van der Waals surface area contributed by atoms with Crippen LogP contribution in [0.1, 0.15) is 64.5 Å². The number of nitrogens with zero attached hydrogens (tertiary/aromatic N) is 3. The minimum absolute atomic E-state index is 0.0301. The molecule has 4 heteroatoms. The first-order valence-electron chi connectivity index (χ1n) is 8.62. The summed E-state index contributed by atoms with van der Waals surface area (Å²) in [7, 11) is 0. The number of hydrogen-bond acceptors (Lipinski definition) is 3. The Kier molecular flexibility index (Phi) is 4.93. The Morgan fingerprint density at radius 3 is 2.70 bits per heavy atom. The zero-order valence-electron chi connectivity index (χ0n) is 14.6. The smallest absolute Gasteiger partial charge is 0.134 e. The van der Waals surface area contributed by atoms with Crippen molar-refractivity contribution >= 4 is 33.5 Å². The summed E-state index contributed by atoms with van der Waals surface area (Å²) in [6, 6.07) is 6.97. The van der Waals surface area contributed by atoms with Crippen LogP contribution in [0.2, 0.25) is 0 Å². The fourth-order valence-corrected chi connectivity index (χ4v) is 3.88. The minimum Gasteiger partial charge on any atom is -0.295 e. The van der Waals surface area contributed by atoms with E-state index in [-0.39, 0.29) is 5.41 Å². The molecule has 2 aromatic rings. The fraction of sp³-hybridized carbons (Fsp3) is 0.579. The maximum atomic E-state index is 5.08. The van der Waals surface area contributed by atoms with Gasteiger partial charge in [-0.05, 0) is 66.7 Å². The standard InChI is InChI=1S/C19H26IN3/c1-5-23-11-7-6-8-16(23)17-14-12-13(20)9-10-15(14)21-18(22-17)19(2,3)4/h9-10,12,16H,5-8,11H2,1-4H3. The molecule has 0 spiro atoms. The molecule has 1 fully saturated rings. The normalized spacial score (nSPS) is 20.1. The maximum absolute atomic E-state index is 5.08. The highest BCUT2D eigenvalue weighted by molar-refractivity contribution is 14.1. The second kappa shape index (κ2) is 6.63. The Balaban J connectivity index is 2.21. The van der Waals surface area contributed by atoms with Crippen molar-refractivity contribution in [3.8, 4) is 0 Å². The van der Waals surface area contributed by atoms with E-state index in [1.54, 1.807) is 0 Å². The lowest BCUT2D eigenvalue weighted by molar-refractivity contribution is 0.154. The molecule has 3 rings (SSSR count). The van der Waals surface area contributed by atoms with Crippen molar-refractivity contribution in [3.63, 3.8) is 0 Å². The number of hydrogen-bond donors (Lipinski definition) is 0. The van der Waals surface area contributed by atoms with Crippen LogP contribution in [-0.2, 0) is 5.41 Å².